The Hall–Kier alpha value is -1.46. The van der Waals surface area contributed by atoms with Gasteiger partial charge in [-0.05, 0) is 25.8 Å². The highest BCUT2D eigenvalue weighted by molar-refractivity contribution is 5.32. The van der Waals surface area contributed by atoms with Crippen LogP contribution in [-0.4, -0.2) is 40.7 Å². The van der Waals surface area contributed by atoms with E-state index < -0.39 is 4.92 Å². The Morgan fingerprint density at radius 3 is 2.33 bits per heavy atom. The van der Waals surface area contributed by atoms with Crippen LogP contribution in [0.2, 0.25) is 0 Å². The zero-order valence-corrected chi connectivity index (χ0v) is 10.9. The molecule has 0 saturated carbocycles. The fraction of sp³-hybridized carbons (Fsp3) is 0.538. The Morgan fingerprint density at radius 2 is 1.89 bits per heavy atom. The molecule has 1 N–H and O–H groups in total. The highest BCUT2D eigenvalue weighted by atomic mass is 16.6. The largest absolute Gasteiger partial charge is 0.395 e. The lowest BCUT2D eigenvalue weighted by Gasteiger charge is -2.25. The molecule has 0 aliphatic heterocycles. The molecule has 1 aromatic carbocycles. The molecule has 5 nitrogen and oxygen atoms in total. The standard InChI is InChI=1S/C13H20N2O3/c1-11(2)14(9-10-16)8-7-12-3-5-13(6-4-12)15(17)18/h3-6,11,16H,7-10H2,1-2H3. The number of hydrogen-bond donors (Lipinski definition) is 1. The van der Waals surface area contributed by atoms with Crippen molar-refractivity contribution in [2.75, 3.05) is 19.7 Å². The summed E-state index contributed by atoms with van der Waals surface area (Å²) in [5.41, 5.74) is 1.19. The fourth-order valence-corrected chi connectivity index (χ4v) is 1.81. The van der Waals surface area contributed by atoms with E-state index in [4.69, 9.17) is 5.11 Å². The number of aliphatic hydroxyl groups is 1. The summed E-state index contributed by atoms with van der Waals surface area (Å²) < 4.78 is 0. The van der Waals surface area contributed by atoms with Gasteiger partial charge in [0.15, 0.2) is 0 Å². The molecule has 18 heavy (non-hydrogen) atoms. The van der Waals surface area contributed by atoms with Crippen LogP contribution in [0.25, 0.3) is 0 Å². The fourth-order valence-electron chi connectivity index (χ4n) is 1.81. The first-order valence-electron chi connectivity index (χ1n) is 6.13. The highest BCUT2D eigenvalue weighted by Gasteiger charge is 2.09. The molecule has 0 atom stereocenters. The van der Waals surface area contributed by atoms with Crippen molar-refractivity contribution >= 4 is 5.69 Å². The lowest BCUT2D eigenvalue weighted by molar-refractivity contribution is -0.384. The molecule has 0 radical (unpaired) electrons. The smallest absolute Gasteiger partial charge is 0.269 e. The molecule has 0 amide bonds. The van der Waals surface area contributed by atoms with E-state index in [0.717, 1.165) is 18.5 Å². The minimum Gasteiger partial charge on any atom is -0.395 e. The molecule has 0 heterocycles. The van der Waals surface area contributed by atoms with Crippen LogP contribution in [0, 0.1) is 10.1 Å². The van der Waals surface area contributed by atoms with E-state index in [1.54, 1.807) is 12.1 Å². The summed E-state index contributed by atoms with van der Waals surface area (Å²) in [6.45, 7) is 5.83. The van der Waals surface area contributed by atoms with Gasteiger partial charge in [-0.2, -0.15) is 0 Å². The predicted molar refractivity (Wildman–Crippen MR) is 70.6 cm³/mol. The molecule has 0 aliphatic rings. The highest BCUT2D eigenvalue weighted by Crippen LogP contribution is 2.12. The van der Waals surface area contributed by atoms with Crippen LogP contribution in [-0.2, 0) is 6.42 Å². The van der Waals surface area contributed by atoms with Gasteiger partial charge in [-0.3, -0.25) is 15.0 Å². The second-order valence-electron chi connectivity index (χ2n) is 4.53. The number of aliphatic hydroxyl groups excluding tert-OH is 1. The van der Waals surface area contributed by atoms with Crippen LogP contribution >= 0.6 is 0 Å². The van der Waals surface area contributed by atoms with Crippen LogP contribution in [0.15, 0.2) is 24.3 Å². The normalized spacial score (nSPS) is 11.2. The Kier molecular flexibility index (Phi) is 5.74. The van der Waals surface area contributed by atoms with Crippen molar-refractivity contribution in [3.8, 4) is 0 Å². The summed E-state index contributed by atoms with van der Waals surface area (Å²) in [5, 5.41) is 19.5. The van der Waals surface area contributed by atoms with Gasteiger partial charge in [0.05, 0.1) is 11.5 Å². The SMILES string of the molecule is CC(C)N(CCO)CCc1ccc([N+](=O)[O-])cc1. The molecule has 1 aromatic rings. The van der Waals surface area contributed by atoms with Gasteiger partial charge in [-0.1, -0.05) is 12.1 Å². The van der Waals surface area contributed by atoms with Gasteiger partial charge >= 0.3 is 0 Å². The maximum absolute atomic E-state index is 10.5. The van der Waals surface area contributed by atoms with Crippen LogP contribution in [0.5, 0.6) is 0 Å². The van der Waals surface area contributed by atoms with Crippen molar-refractivity contribution in [3.63, 3.8) is 0 Å². The Morgan fingerprint density at radius 1 is 1.28 bits per heavy atom. The van der Waals surface area contributed by atoms with Crippen LogP contribution < -0.4 is 0 Å². The van der Waals surface area contributed by atoms with Gasteiger partial charge in [0.2, 0.25) is 0 Å². The molecular formula is C13H20N2O3. The Labute approximate surface area is 107 Å². The van der Waals surface area contributed by atoms with E-state index >= 15 is 0 Å². The summed E-state index contributed by atoms with van der Waals surface area (Å²) in [6.07, 6.45) is 0.830. The molecule has 0 aromatic heterocycles. The molecule has 100 valence electrons. The summed E-state index contributed by atoms with van der Waals surface area (Å²) >= 11 is 0. The molecule has 5 heteroatoms. The van der Waals surface area contributed by atoms with E-state index in [2.05, 4.69) is 18.7 Å². The van der Waals surface area contributed by atoms with Gasteiger partial charge in [0.1, 0.15) is 0 Å². The number of benzene rings is 1. The van der Waals surface area contributed by atoms with Gasteiger partial charge in [0.25, 0.3) is 5.69 Å². The number of non-ortho nitro benzene ring substituents is 1. The number of rotatable bonds is 7. The predicted octanol–water partition coefficient (Wildman–Crippen LogP) is 1.84. The zero-order valence-electron chi connectivity index (χ0n) is 10.9. The third-order valence-electron chi connectivity index (χ3n) is 2.95. The summed E-state index contributed by atoms with van der Waals surface area (Å²) in [5.74, 6) is 0. The van der Waals surface area contributed by atoms with Crippen molar-refractivity contribution in [1.29, 1.82) is 0 Å². The van der Waals surface area contributed by atoms with Crippen molar-refractivity contribution < 1.29 is 10.0 Å². The minimum atomic E-state index is -0.393. The molecule has 0 unspecified atom stereocenters. The molecular weight excluding hydrogens is 232 g/mol. The van der Waals surface area contributed by atoms with Crippen LogP contribution in [0.1, 0.15) is 19.4 Å². The Bertz CT molecular complexity index is 376. The van der Waals surface area contributed by atoms with Crippen molar-refractivity contribution in [3.05, 3.63) is 39.9 Å². The lowest BCUT2D eigenvalue weighted by Crippen LogP contribution is -2.35. The van der Waals surface area contributed by atoms with Crippen molar-refractivity contribution in [2.45, 2.75) is 26.3 Å². The van der Waals surface area contributed by atoms with Crippen molar-refractivity contribution in [1.82, 2.24) is 4.90 Å². The van der Waals surface area contributed by atoms with E-state index in [1.807, 2.05) is 0 Å². The van der Waals surface area contributed by atoms with Gasteiger partial charge in [-0.15, -0.1) is 0 Å². The monoisotopic (exact) mass is 252 g/mol. The van der Waals surface area contributed by atoms with Crippen LogP contribution in [0.3, 0.4) is 0 Å². The molecule has 0 spiro atoms. The number of nitro benzene ring substituents is 1. The maximum atomic E-state index is 10.5. The Balaban J connectivity index is 2.54. The summed E-state index contributed by atoms with van der Waals surface area (Å²) in [6, 6.07) is 7.02. The molecule has 0 saturated heterocycles. The maximum Gasteiger partial charge on any atom is 0.269 e. The molecule has 1 rings (SSSR count). The minimum absolute atomic E-state index is 0.120. The lowest BCUT2D eigenvalue weighted by atomic mass is 10.1. The van der Waals surface area contributed by atoms with E-state index in [-0.39, 0.29) is 12.3 Å². The topological polar surface area (TPSA) is 66.6 Å². The second kappa shape index (κ2) is 7.08. The summed E-state index contributed by atoms with van der Waals surface area (Å²) in [4.78, 5) is 12.3. The first-order valence-corrected chi connectivity index (χ1v) is 6.13. The number of nitrogens with zero attached hydrogens (tertiary/aromatic N) is 2. The number of nitro groups is 1. The average Bonchev–Trinajstić information content (AvgIpc) is 2.34. The summed E-state index contributed by atoms with van der Waals surface area (Å²) in [7, 11) is 0. The van der Waals surface area contributed by atoms with Gasteiger partial charge < -0.3 is 5.11 Å². The van der Waals surface area contributed by atoms with Gasteiger partial charge in [-0.25, -0.2) is 0 Å². The quantitative estimate of drug-likeness (QED) is 0.594. The zero-order chi connectivity index (χ0) is 13.5. The van der Waals surface area contributed by atoms with Crippen molar-refractivity contribution in [2.24, 2.45) is 0 Å². The average molecular weight is 252 g/mol. The molecule has 0 bridgehead atoms. The van der Waals surface area contributed by atoms with Crippen LogP contribution in [0.4, 0.5) is 5.69 Å². The third-order valence-corrected chi connectivity index (χ3v) is 2.95. The van der Waals surface area contributed by atoms with E-state index in [1.165, 1.54) is 12.1 Å². The van der Waals surface area contributed by atoms with Gasteiger partial charge in [0, 0.05) is 31.3 Å². The molecule has 0 fully saturated rings. The van der Waals surface area contributed by atoms with E-state index in [9.17, 15) is 10.1 Å². The number of hydrogen-bond acceptors (Lipinski definition) is 4. The van der Waals surface area contributed by atoms with E-state index in [0.29, 0.717) is 12.6 Å². The first kappa shape index (κ1) is 14.6. The second-order valence-corrected chi connectivity index (χ2v) is 4.53. The first-order chi connectivity index (χ1) is 8.54. The third kappa shape index (κ3) is 4.43. The molecule has 0 aliphatic carbocycles.